The monoisotopic (exact) mass is 481 g/mol. The number of nitrogens with zero attached hydrogens (tertiary/aromatic N) is 2. The number of carbonyl (C=O) groups excluding carboxylic acids is 2. The number of hydrogen-bond acceptors (Lipinski definition) is 5. The first-order chi connectivity index (χ1) is 17.6. The van der Waals surface area contributed by atoms with Gasteiger partial charge in [-0.1, -0.05) is 60.7 Å². The number of likely N-dealkylation sites (tertiary alicyclic amines) is 1. The van der Waals surface area contributed by atoms with E-state index in [2.05, 4.69) is 40.7 Å². The topological polar surface area (TPSA) is 61.9 Å². The fraction of sp³-hybridized carbons (Fsp3) is 0.267. The van der Waals surface area contributed by atoms with Crippen LogP contribution in [0.3, 0.4) is 0 Å². The Hall–Kier alpha value is -4.06. The molecule has 1 fully saturated rings. The van der Waals surface area contributed by atoms with Crippen molar-refractivity contribution in [2.24, 2.45) is 0 Å². The Balaban J connectivity index is 1.37. The zero-order valence-corrected chi connectivity index (χ0v) is 20.5. The minimum Gasteiger partial charge on any atom is -0.465 e. The first-order valence-electron chi connectivity index (χ1n) is 12.4. The highest BCUT2D eigenvalue weighted by Gasteiger charge is 2.46. The maximum atomic E-state index is 13.1. The van der Waals surface area contributed by atoms with Crippen LogP contribution >= 0.6 is 0 Å². The van der Waals surface area contributed by atoms with Crippen LogP contribution in [0.1, 0.15) is 44.7 Å². The van der Waals surface area contributed by atoms with E-state index in [1.54, 1.807) is 0 Å². The first kappa shape index (κ1) is 23.7. The van der Waals surface area contributed by atoms with Gasteiger partial charge < -0.3 is 19.9 Å². The van der Waals surface area contributed by atoms with Crippen LogP contribution in [0.25, 0.3) is 0 Å². The van der Waals surface area contributed by atoms with Gasteiger partial charge in [-0.05, 0) is 48.2 Å². The SMILES string of the molecule is COC(=O)c1ccc(CN2C=CNC2C2(c3ccccc3)CCN(C(=O)c3ccccc3)CC2)cc1. The van der Waals surface area contributed by atoms with E-state index < -0.39 is 0 Å². The number of benzene rings is 3. The van der Waals surface area contributed by atoms with Gasteiger partial charge in [0.25, 0.3) is 5.91 Å². The second kappa shape index (κ2) is 10.3. The van der Waals surface area contributed by atoms with Gasteiger partial charge in [0.15, 0.2) is 0 Å². The summed E-state index contributed by atoms with van der Waals surface area (Å²) in [5.41, 5.74) is 3.51. The van der Waals surface area contributed by atoms with Gasteiger partial charge in [-0.2, -0.15) is 0 Å². The third kappa shape index (κ3) is 4.59. The Morgan fingerprint density at radius 3 is 2.17 bits per heavy atom. The zero-order chi connectivity index (χ0) is 25.0. The van der Waals surface area contributed by atoms with Gasteiger partial charge in [0.1, 0.15) is 6.17 Å². The Morgan fingerprint density at radius 2 is 1.53 bits per heavy atom. The van der Waals surface area contributed by atoms with Gasteiger partial charge in [0, 0.05) is 43.0 Å². The van der Waals surface area contributed by atoms with Crippen molar-refractivity contribution in [3.63, 3.8) is 0 Å². The lowest BCUT2D eigenvalue weighted by molar-refractivity contribution is 0.0530. The van der Waals surface area contributed by atoms with Gasteiger partial charge >= 0.3 is 5.97 Å². The number of methoxy groups -OCH3 is 1. The van der Waals surface area contributed by atoms with E-state index in [-0.39, 0.29) is 23.5 Å². The molecule has 6 heteroatoms. The smallest absolute Gasteiger partial charge is 0.337 e. The quantitative estimate of drug-likeness (QED) is 0.524. The minimum absolute atomic E-state index is 0.0501. The molecular formula is C30H31N3O3. The summed E-state index contributed by atoms with van der Waals surface area (Å²) in [5, 5.41) is 3.62. The van der Waals surface area contributed by atoms with Crippen molar-refractivity contribution in [2.75, 3.05) is 20.2 Å². The number of rotatable bonds is 6. The summed E-state index contributed by atoms with van der Waals surface area (Å²) in [7, 11) is 1.39. The second-order valence-electron chi connectivity index (χ2n) is 9.43. The van der Waals surface area contributed by atoms with E-state index in [4.69, 9.17) is 4.74 Å². The zero-order valence-electron chi connectivity index (χ0n) is 20.5. The van der Waals surface area contributed by atoms with E-state index >= 15 is 0 Å². The third-order valence-electron chi connectivity index (χ3n) is 7.43. The van der Waals surface area contributed by atoms with E-state index in [1.165, 1.54) is 12.7 Å². The molecule has 36 heavy (non-hydrogen) atoms. The van der Waals surface area contributed by atoms with E-state index in [0.29, 0.717) is 25.2 Å². The molecule has 1 saturated heterocycles. The molecule has 0 radical (unpaired) electrons. The van der Waals surface area contributed by atoms with Gasteiger partial charge in [-0.25, -0.2) is 4.79 Å². The summed E-state index contributed by atoms with van der Waals surface area (Å²) in [5.74, 6) is -0.237. The predicted molar refractivity (Wildman–Crippen MR) is 139 cm³/mol. The van der Waals surface area contributed by atoms with Crippen LogP contribution in [0, 0.1) is 0 Å². The van der Waals surface area contributed by atoms with Crippen molar-refractivity contribution >= 4 is 11.9 Å². The number of piperidine rings is 1. The molecular weight excluding hydrogens is 450 g/mol. The molecule has 2 heterocycles. The fourth-order valence-corrected chi connectivity index (χ4v) is 5.47. The summed E-state index contributed by atoms with van der Waals surface area (Å²) in [4.78, 5) is 29.2. The van der Waals surface area contributed by atoms with Crippen molar-refractivity contribution in [3.05, 3.63) is 120 Å². The van der Waals surface area contributed by atoms with Gasteiger partial charge in [0.05, 0.1) is 12.7 Å². The maximum Gasteiger partial charge on any atom is 0.337 e. The molecule has 0 aromatic heterocycles. The van der Waals surface area contributed by atoms with E-state index in [0.717, 1.165) is 24.0 Å². The van der Waals surface area contributed by atoms with Crippen LogP contribution in [-0.2, 0) is 16.7 Å². The first-order valence-corrected chi connectivity index (χ1v) is 12.4. The van der Waals surface area contributed by atoms with Crippen molar-refractivity contribution in [2.45, 2.75) is 31.0 Å². The Bertz CT molecular complexity index is 1220. The molecule has 2 aliphatic heterocycles. The molecule has 1 N–H and O–H groups in total. The number of carbonyl (C=O) groups is 2. The molecule has 2 aliphatic rings. The van der Waals surface area contributed by atoms with Gasteiger partial charge in [-0.3, -0.25) is 4.79 Å². The molecule has 3 aromatic rings. The molecule has 3 aromatic carbocycles. The molecule has 1 amide bonds. The van der Waals surface area contributed by atoms with E-state index in [9.17, 15) is 9.59 Å². The highest BCUT2D eigenvalue weighted by atomic mass is 16.5. The molecule has 0 spiro atoms. The normalized spacial score (nSPS) is 18.5. The van der Waals surface area contributed by atoms with Crippen molar-refractivity contribution in [1.29, 1.82) is 0 Å². The number of esters is 1. The second-order valence-corrected chi connectivity index (χ2v) is 9.43. The molecule has 6 nitrogen and oxygen atoms in total. The van der Waals surface area contributed by atoms with Crippen LogP contribution in [0.4, 0.5) is 0 Å². The lowest BCUT2D eigenvalue weighted by Crippen LogP contribution is -2.57. The van der Waals surface area contributed by atoms with Crippen molar-refractivity contribution < 1.29 is 14.3 Å². The highest BCUT2D eigenvalue weighted by molar-refractivity contribution is 5.94. The van der Waals surface area contributed by atoms with Crippen molar-refractivity contribution in [3.8, 4) is 0 Å². The number of nitrogens with one attached hydrogen (secondary N) is 1. The van der Waals surface area contributed by atoms with Crippen molar-refractivity contribution in [1.82, 2.24) is 15.1 Å². The minimum atomic E-state index is -0.331. The van der Waals surface area contributed by atoms with Gasteiger partial charge in [-0.15, -0.1) is 0 Å². The van der Waals surface area contributed by atoms with Crippen LogP contribution in [0.2, 0.25) is 0 Å². The Labute approximate surface area is 212 Å². The fourth-order valence-electron chi connectivity index (χ4n) is 5.47. The predicted octanol–water partition coefficient (Wildman–Crippen LogP) is 4.55. The number of amides is 1. The van der Waals surface area contributed by atoms with E-state index in [1.807, 2.05) is 71.8 Å². The summed E-state index contributed by atoms with van der Waals surface area (Å²) < 4.78 is 4.82. The molecule has 1 unspecified atom stereocenters. The summed E-state index contributed by atoms with van der Waals surface area (Å²) in [6.45, 7) is 2.10. The molecule has 5 rings (SSSR count). The third-order valence-corrected chi connectivity index (χ3v) is 7.43. The van der Waals surface area contributed by atoms with Gasteiger partial charge in [0.2, 0.25) is 0 Å². The lowest BCUT2D eigenvalue weighted by atomic mass is 9.69. The lowest BCUT2D eigenvalue weighted by Gasteiger charge is -2.48. The van der Waals surface area contributed by atoms with Crippen LogP contribution in [0.15, 0.2) is 97.3 Å². The number of hydrogen-bond donors (Lipinski definition) is 1. The summed E-state index contributed by atoms with van der Waals surface area (Å²) in [6, 6.07) is 27.8. The molecule has 1 atom stereocenters. The summed E-state index contributed by atoms with van der Waals surface area (Å²) in [6.07, 6.45) is 5.87. The summed E-state index contributed by atoms with van der Waals surface area (Å²) >= 11 is 0. The van der Waals surface area contributed by atoms with Crippen LogP contribution < -0.4 is 5.32 Å². The van der Waals surface area contributed by atoms with Crippen LogP contribution in [-0.4, -0.2) is 48.0 Å². The average Bonchev–Trinajstić information content (AvgIpc) is 3.42. The van der Waals surface area contributed by atoms with Crippen LogP contribution in [0.5, 0.6) is 0 Å². The molecule has 184 valence electrons. The molecule has 0 saturated carbocycles. The molecule has 0 aliphatic carbocycles. The largest absolute Gasteiger partial charge is 0.465 e. The standard InChI is InChI=1S/C30H31N3O3/c1-36-28(35)25-14-12-23(13-15-25)22-33-21-18-31-29(33)30(26-10-6-3-7-11-26)16-19-32(20-17-30)27(34)24-8-4-2-5-9-24/h2-15,18,21,29,31H,16-17,19-20,22H2,1H3. The molecule has 0 bridgehead atoms. The Morgan fingerprint density at radius 1 is 0.889 bits per heavy atom. The Kier molecular flexibility index (Phi) is 6.76. The highest BCUT2D eigenvalue weighted by Crippen LogP contribution is 2.42. The average molecular weight is 482 g/mol. The number of ether oxygens (including phenoxy) is 1. The maximum absolute atomic E-state index is 13.1.